The van der Waals surface area contributed by atoms with Gasteiger partial charge in [-0.1, -0.05) is 6.92 Å². The summed E-state index contributed by atoms with van der Waals surface area (Å²) in [7, 11) is 0. The average Bonchev–Trinajstić information content (AvgIpc) is 2.84. The lowest BCUT2D eigenvalue weighted by Crippen LogP contribution is -2.06. The van der Waals surface area contributed by atoms with E-state index in [-0.39, 0.29) is 0 Å². The Labute approximate surface area is 112 Å². The van der Waals surface area contributed by atoms with Crippen molar-refractivity contribution >= 4 is 5.82 Å². The maximum absolute atomic E-state index is 5.82. The highest BCUT2D eigenvalue weighted by atomic mass is 16.5. The molecule has 2 heterocycles. The molecular formula is C13H19N5O. The highest BCUT2D eigenvalue weighted by Gasteiger charge is 2.09. The number of rotatable bonds is 6. The minimum Gasteiger partial charge on any atom is -0.384 e. The first-order valence-corrected chi connectivity index (χ1v) is 6.48. The monoisotopic (exact) mass is 261 g/mol. The van der Waals surface area contributed by atoms with Gasteiger partial charge in [-0.05, 0) is 19.4 Å². The third kappa shape index (κ3) is 3.29. The first kappa shape index (κ1) is 13.5. The minimum atomic E-state index is 0.371. The topological polar surface area (TPSA) is 78.9 Å². The summed E-state index contributed by atoms with van der Waals surface area (Å²) in [5.74, 6) is 1.05. The summed E-state index contributed by atoms with van der Waals surface area (Å²) in [6.45, 7) is 5.90. The molecule has 6 nitrogen and oxygen atoms in total. The van der Waals surface area contributed by atoms with Crippen LogP contribution in [0.5, 0.6) is 0 Å². The van der Waals surface area contributed by atoms with Gasteiger partial charge in [0.25, 0.3) is 0 Å². The zero-order valence-corrected chi connectivity index (χ0v) is 11.3. The quantitative estimate of drug-likeness (QED) is 0.858. The van der Waals surface area contributed by atoms with Crippen molar-refractivity contribution in [3.05, 3.63) is 24.2 Å². The fourth-order valence-corrected chi connectivity index (χ4v) is 1.85. The summed E-state index contributed by atoms with van der Waals surface area (Å²) in [5, 5.41) is 4.29. The highest BCUT2D eigenvalue weighted by Crippen LogP contribution is 2.19. The van der Waals surface area contributed by atoms with Crippen molar-refractivity contribution in [3.8, 4) is 11.4 Å². The normalized spacial score (nSPS) is 10.8. The second kappa shape index (κ2) is 6.29. The first-order valence-electron chi connectivity index (χ1n) is 6.48. The van der Waals surface area contributed by atoms with Gasteiger partial charge < -0.3 is 10.5 Å². The van der Waals surface area contributed by atoms with Crippen molar-refractivity contribution in [2.45, 2.75) is 33.4 Å². The van der Waals surface area contributed by atoms with Crippen molar-refractivity contribution in [1.82, 2.24) is 19.7 Å². The number of nitrogen functional groups attached to an aromatic ring is 1. The van der Waals surface area contributed by atoms with Crippen LogP contribution in [0.4, 0.5) is 5.82 Å². The van der Waals surface area contributed by atoms with E-state index in [4.69, 9.17) is 10.5 Å². The predicted molar refractivity (Wildman–Crippen MR) is 73.3 cm³/mol. The number of aryl methyl sites for hydroxylation is 1. The van der Waals surface area contributed by atoms with Crippen LogP contribution in [0, 0.1) is 0 Å². The molecule has 0 unspecified atom stereocenters. The van der Waals surface area contributed by atoms with Crippen LogP contribution in [0.2, 0.25) is 0 Å². The van der Waals surface area contributed by atoms with Gasteiger partial charge in [0.05, 0.1) is 11.4 Å². The van der Waals surface area contributed by atoms with Crippen molar-refractivity contribution in [2.24, 2.45) is 0 Å². The Balaban J connectivity index is 2.32. The molecule has 0 atom stereocenters. The van der Waals surface area contributed by atoms with Crippen molar-refractivity contribution in [1.29, 1.82) is 0 Å². The van der Waals surface area contributed by atoms with Crippen LogP contribution in [0.25, 0.3) is 11.4 Å². The summed E-state index contributed by atoms with van der Waals surface area (Å²) < 4.78 is 7.24. The van der Waals surface area contributed by atoms with Crippen LogP contribution in [0.3, 0.4) is 0 Å². The molecule has 2 N–H and O–H groups in total. The van der Waals surface area contributed by atoms with Crippen LogP contribution in [-0.2, 0) is 17.9 Å². The van der Waals surface area contributed by atoms with Gasteiger partial charge in [0, 0.05) is 25.4 Å². The van der Waals surface area contributed by atoms with Gasteiger partial charge in [-0.15, -0.1) is 0 Å². The molecule has 0 aliphatic rings. The van der Waals surface area contributed by atoms with Gasteiger partial charge in [0.1, 0.15) is 12.4 Å². The second-order valence-corrected chi connectivity index (χ2v) is 4.17. The lowest BCUT2D eigenvalue weighted by atomic mass is 10.2. The fraction of sp³-hybridized carbons (Fsp3) is 0.462. The van der Waals surface area contributed by atoms with Gasteiger partial charge in [-0.3, -0.25) is 4.68 Å². The number of hydrogen-bond donors (Lipinski definition) is 1. The van der Waals surface area contributed by atoms with Gasteiger partial charge in [-0.2, -0.15) is 5.10 Å². The van der Waals surface area contributed by atoms with Crippen LogP contribution in [0.1, 0.15) is 26.1 Å². The molecule has 0 aliphatic heterocycles. The number of ether oxygens (including phenoxy) is 1. The van der Waals surface area contributed by atoms with Crippen molar-refractivity contribution in [2.75, 3.05) is 12.3 Å². The molecule has 0 aromatic carbocycles. The van der Waals surface area contributed by atoms with Crippen LogP contribution in [0.15, 0.2) is 18.3 Å². The summed E-state index contributed by atoms with van der Waals surface area (Å²) >= 11 is 0. The minimum absolute atomic E-state index is 0.371. The Hall–Kier alpha value is -1.95. The van der Waals surface area contributed by atoms with E-state index < -0.39 is 0 Å². The SMILES string of the molecule is CCCn1nccc1-c1cc(N)nc(COCC)n1. The molecule has 6 heteroatoms. The smallest absolute Gasteiger partial charge is 0.157 e. The Bertz CT molecular complexity index is 538. The number of anilines is 1. The van der Waals surface area contributed by atoms with Gasteiger partial charge >= 0.3 is 0 Å². The summed E-state index contributed by atoms with van der Waals surface area (Å²) in [5.41, 5.74) is 7.56. The fourth-order valence-electron chi connectivity index (χ4n) is 1.85. The predicted octanol–water partition coefficient (Wildman–Crippen LogP) is 1.87. The first-order chi connectivity index (χ1) is 9.24. The summed E-state index contributed by atoms with van der Waals surface area (Å²) in [6.07, 6.45) is 2.78. The largest absolute Gasteiger partial charge is 0.384 e. The van der Waals surface area contributed by atoms with Gasteiger partial charge in [0.2, 0.25) is 0 Å². The number of aromatic nitrogens is 4. The molecule has 0 bridgehead atoms. The average molecular weight is 261 g/mol. The van der Waals surface area contributed by atoms with E-state index >= 15 is 0 Å². The Kier molecular flexibility index (Phi) is 4.46. The van der Waals surface area contributed by atoms with Crippen LogP contribution in [-0.4, -0.2) is 26.4 Å². The molecule has 0 saturated carbocycles. The van der Waals surface area contributed by atoms with E-state index in [1.54, 1.807) is 12.3 Å². The summed E-state index contributed by atoms with van der Waals surface area (Å²) in [6, 6.07) is 3.69. The van der Waals surface area contributed by atoms with E-state index in [1.807, 2.05) is 17.7 Å². The van der Waals surface area contributed by atoms with E-state index in [1.165, 1.54) is 0 Å². The van der Waals surface area contributed by atoms with Crippen molar-refractivity contribution in [3.63, 3.8) is 0 Å². The Morgan fingerprint density at radius 2 is 2.16 bits per heavy atom. The van der Waals surface area contributed by atoms with E-state index in [0.717, 1.165) is 24.4 Å². The van der Waals surface area contributed by atoms with Gasteiger partial charge in [0.15, 0.2) is 5.82 Å². The van der Waals surface area contributed by atoms with Gasteiger partial charge in [-0.25, -0.2) is 9.97 Å². The van der Waals surface area contributed by atoms with E-state index in [9.17, 15) is 0 Å². The molecule has 2 aromatic heterocycles. The standard InChI is InChI=1S/C13H19N5O/c1-3-7-18-11(5-6-15-18)10-8-12(14)17-13(16-10)9-19-4-2/h5-6,8H,3-4,7,9H2,1-2H3,(H2,14,16,17). The maximum atomic E-state index is 5.82. The zero-order chi connectivity index (χ0) is 13.7. The second-order valence-electron chi connectivity index (χ2n) is 4.17. The van der Waals surface area contributed by atoms with E-state index in [0.29, 0.717) is 24.9 Å². The molecular weight excluding hydrogens is 242 g/mol. The summed E-state index contributed by atoms with van der Waals surface area (Å²) in [4.78, 5) is 8.65. The van der Waals surface area contributed by atoms with E-state index in [2.05, 4.69) is 22.0 Å². The number of hydrogen-bond acceptors (Lipinski definition) is 5. The molecule has 19 heavy (non-hydrogen) atoms. The third-order valence-electron chi connectivity index (χ3n) is 2.64. The molecule has 0 spiro atoms. The van der Waals surface area contributed by atoms with Crippen LogP contribution < -0.4 is 5.73 Å². The zero-order valence-electron chi connectivity index (χ0n) is 11.3. The Morgan fingerprint density at radius 3 is 2.89 bits per heavy atom. The third-order valence-corrected chi connectivity index (χ3v) is 2.64. The lowest BCUT2D eigenvalue weighted by molar-refractivity contribution is 0.128. The molecule has 0 radical (unpaired) electrons. The molecule has 102 valence electrons. The van der Waals surface area contributed by atoms with Crippen molar-refractivity contribution < 1.29 is 4.74 Å². The molecule has 0 saturated heterocycles. The molecule has 0 amide bonds. The highest BCUT2D eigenvalue weighted by molar-refractivity contribution is 5.57. The molecule has 0 fully saturated rings. The molecule has 0 aliphatic carbocycles. The van der Waals surface area contributed by atoms with Crippen LogP contribution >= 0.6 is 0 Å². The maximum Gasteiger partial charge on any atom is 0.157 e. The number of nitrogens with zero attached hydrogens (tertiary/aromatic N) is 4. The molecule has 2 aromatic rings. The lowest BCUT2D eigenvalue weighted by Gasteiger charge is -2.08. The number of nitrogens with two attached hydrogens (primary N) is 1. The molecule has 2 rings (SSSR count). The Morgan fingerprint density at radius 1 is 1.32 bits per heavy atom.